The number of amides is 2. The number of nitrogens with zero attached hydrogens (tertiary/aromatic N) is 4. The number of likely N-dealkylation sites (tertiary alicyclic amines) is 2. The second kappa shape index (κ2) is 5.05. The predicted octanol–water partition coefficient (Wildman–Crippen LogP) is 1.63. The van der Waals surface area contributed by atoms with Gasteiger partial charge in [-0.3, -0.25) is 5.32 Å². The Bertz CT molecular complexity index is 441. The van der Waals surface area contributed by atoms with Gasteiger partial charge in [-0.1, -0.05) is 4.49 Å². The second-order valence-electron chi connectivity index (χ2n) is 5.49. The van der Waals surface area contributed by atoms with Crippen molar-refractivity contribution >= 4 is 22.6 Å². The zero-order chi connectivity index (χ0) is 13.3. The molecule has 0 aromatic carbocycles. The molecule has 2 saturated heterocycles. The summed E-state index contributed by atoms with van der Waals surface area (Å²) in [6.45, 7) is 3.01. The van der Waals surface area contributed by atoms with Crippen molar-refractivity contribution in [2.75, 3.05) is 32.0 Å². The third-order valence-electron chi connectivity index (χ3n) is 4.35. The molecule has 2 aliphatic rings. The summed E-state index contributed by atoms with van der Waals surface area (Å²) in [5.74, 6) is 0. The Balaban J connectivity index is 1.70. The molecule has 3 rings (SSSR count). The van der Waals surface area contributed by atoms with Gasteiger partial charge in [0.2, 0.25) is 0 Å². The van der Waals surface area contributed by atoms with E-state index in [2.05, 4.69) is 26.9 Å². The van der Waals surface area contributed by atoms with Gasteiger partial charge in [0, 0.05) is 36.7 Å². The molecule has 0 unspecified atom stereocenters. The summed E-state index contributed by atoms with van der Waals surface area (Å²) in [5, 5.41) is 7.38. The van der Waals surface area contributed by atoms with E-state index in [1.165, 1.54) is 11.5 Å². The highest BCUT2D eigenvalue weighted by molar-refractivity contribution is 7.10. The summed E-state index contributed by atoms with van der Waals surface area (Å²) in [6.07, 6.45) is 6.00. The van der Waals surface area contributed by atoms with Crippen LogP contribution in [0.4, 0.5) is 9.80 Å². The van der Waals surface area contributed by atoms with E-state index in [0.29, 0.717) is 0 Å². The number of urea groups is 1. The van der Waals surface area contributed by atoms with Crippen LogP contribution in [-0.2, 0) is 0 Å². The summed E-state index contributed by atoms with van der Waals surface area (Å²) >= 11 is 1.22. The Morgan fingerprint density at radius 2 is 2.16 bits per heavy atom. The predicted molar refractivity (Wildman–Crippen MR) is 74.3 cm³/mol. The first kappa shape index (κ1) is 12.8. The minimum atomic E-state index is 0.00750. The average molecular weight is 281 g/mol. The van der Waals surface area contributed by atoms with E-state index in [9.17, 15) is 4.79 Å². The molecule has 2 aliphatic heterocycles. The molecule has 2 fully saturated rings. The molecule has 2 amide bonds. The lowest BCUT2D eigenvalue weighted by Gasteiger charge is -2.43. The molecule has 1 N–H and O–H groups in total. The summed E-state index contributed by atoms with van der Waals surface area (Å²) < 4.78 is 3.77. The van der Waals surface area contributed by atoms with Crippen molar-refractivity contribution in [3.05, 3.63) is 6.20 Å². The van der Waals surface area contributed by atoms with Crippen LogP contribution in [0.2, 0.25) is 0 Å². The molecule has 3 heterocycles. The first-order valence-corrected chi connectivity index (χ1v) is 7.51. The van der Waals surface area contributed by atoms with Gasteiger partial charge in [0.05, 0.1) is 6.20 Å². The Kier molecular flexibility index (Phi) is 3.40. The van der Waals surface area contributed by atoms with Gasteiger partial charge in [-0.2, -0.15) is 0 Å². The first-order chi connectivity index (χ1) is 9.20. The van der Waals surface area contributed by atoms with Gasteiger partial charge in [0.25, 0.3) is 0 Å². The van der Waals surface area contributed by atoms with Gasteiger partial charge >= 0.3 is 6.03 Å². The number of nitrogens with one attached hydrogen (secondary N) is 1. The maximum absolute atomic E-state index is 12.4. The third-order valence-corrected chi connectivity index (χ3v) is 4.93. The maximum atomic E-state index is 12.4. The number of hydrogen-bond donors (Lipinski definition) is 1. The second-order valence-corrected chi connectivity index (χ2v) is 6.28. The summed E-state index contributed by atoms with van der Waals surface area (Å²) in [4.78, 5) is 16.8. The molecular formula is C12H19N5OS. The Morgan fingerprint density at radius 1 is 1.37 bits per heavy atom. The van der Waals surface area contributed by atoms with Crippen LogP contribution in [0.1, 0.15) is 25.7 Å². The molecule has 19 heavy (non-hydrogen) atoms. The van der Waals surface area contributed by atoms with Gasteiger partial charge in [-0.05, 0) is 32.7 Å². The highest BCUT2D eigenvalue weighted by atomic mass is 32.1. The number of piperidine rings is 1. The van der Waals surface area contributed by atoms with Crippen molar-refractivity contribution in [2.24, 2.45) is 0 Å². The zero-order valence-electron chi connectivity index (χ0n) is 11.1. The maximum Gasteiger partial charge on any atom is 0.323 e. The van der Waals surface area contributed by atoms with Crippen LogP contribution in [-0.4, -0.2) is 57.6 Å². The molecule has 6 nitrogen and oxygen atoms in total. The number of carbonyl (C=O) groups is 1. The third kappa shape index (κ3) is 2.44. The summed E-state index contributed by atoms with van der Waals surface area (Å²) in [7, 11) is 2.15. The minimum Gasteiger partial charge on any atom is -0.319 e. The van der Waals surface area contributed by atoms with Crippen molar-refractivity contribution in [3.8, 4) is 0 Å². The quantitative estimate of drug-likeness (QED) is 0.850. The average Bonchev–Trinajstić information content (AvgIpc) is 3.03. The van der Waals surface area contributed by atoms with Crippen LogP contribution in [0.5, 0.6) is 0 Å². The van der Waals surface area contributed by atoms with Crippen LogP contribution in [0.25, 0.3) is 0 Å². The standard InChI is InChI=1S/C12H19N5OS/c1-16-7-4-12(5-8-16)3-2-6-17(12)11(18)14-10-9-13-15-19-10/h9H,2-8H2,1H3,(H,14,18). The minimum absolute atomic E-state index is 0.00750. The molecule has 104 valence electrons. The lowest BCUT2D eigenvalue weighted by Crippen LogP contribution is -2.54. The fraction of sp³-hybridized carbons (Fsp3) is 0.750. The monoisotopic (exact) mass is 281 g/mol. The molecular weight excluding hydrogens is 262 g/mol. The normalized spacial score (nSPS) is 22.9. The number of carbonyl (C=O) groups excluding carboxylic acids is 1. The van der Waals surface area contributed by atoms with Crippen LogP contribution in [0.15, 0.2) is 6.20 Å². The van der Waals surface area contributed by atoms with E-state index in [1.807, 2.05) is 4.90 Å². The largest absolute Gasteiger partial charge is 0.323 e. The van der Waals surface area contributed by atoms with Gasteiger partial charge in [0.1, 0.15) is 5.00 Å². The van der Waals surface area contributed by atoms with Crippen molar-refractivity contribution in [2.45, 2.75) is 31.2 Å². The first-order valence-electron chi connectivity index (χ1n) is 6.74. The van der Waals surface area contributed by atoms with E-state index < -0.39 is 0 Å². The Labute approximate surface area is 116 Å². The van der Waals surface area contributed by atoms with Gasteiger partial charge in [-0.25, -0.2) is 4.79 Å². The molecule has 0 radical (unpaired) electrons. The lowest BCUT2D eigenvalue weighted by molar-refractivity contribution is 0.0888. The van der Waals surface area contributed by atoms with E-state index in [4.69, 9.17) is 0 Å². The van der Waals surface area contributed by atoms with E-state index in [1.54, 1.807) is 6.20 Å². The number of rotatable bonds is 1. The molecule has 0 atom stereocenters. The van der Waals surface area contributed by atoms with E-state index in [-0.39, 0.29) is 11.6 Å². The van der Waals surface area contributed by atoms with Crippen molar-refractivity contribution in [1.29, 1.82) is 0 Å². The number of aromatic nitrogens is 2. The molecule has 1 aromatic heterocycles. The van der Waals surface area contributed by atoms with Gasteiger partial charge in [-0.15, -0.1) is 5.10 Å². The van der Waals surface area contributed by atoms with Crippen LogP contribution < -0.4 is 5.32 Å². The molecule has 0 bridgehead atoms. The van der Waals surface area contributed by atoms with Gasteiger partial charge < -0.3 is 9.80 Å². The van der Waals surface area contributed by atoms with Crippen LogP contribution in [0, 0.1) is 0 Å². The number of hydrogen-bond acceptors (Lipinski definition) is 5. The SMILES string of the molecule is CN1CCC2(CCCN2C(=O)Nc2cnns2)CC1. The van der Waals surface area contributed by atoms with E-state index >= 15 is 0 Å². The molecule has 0 saturated carbocycles. The fourth-order valence-electron chi connectivity index (χ4n) is 3.21. The van der Waals surface area contributed by atoms with Crippen molar-refractivity contribution < 1.29 is 4.79 Å². The Hall–Kier alpha value is -1.21. The van der Waals surface area contributed by atoms with Crippen LogP contribution >= 0.6 is 11.5 Å². The Morgan fingerprint density at radius 3 is 2.84 bits per heavy atom. The molecule has 7 heteroatoms. The highest BCUT2D eigenvalue weighted by Crippen LogP contribution is 2.38. The lowest BCUT2D eigenvalue weighted by atomic mass is 9.85. The smallest absolute Gasteiger partial charge is 0.319 e. The molecule has 1 spiro atoms. The summed E-state index contributed by atoms with van der Waals surface area (Å²) in [5.41, 5.74) is 0.0781. The van der Waals surface area contributed by atoms with Gasteiger partial charge in [0.15, 0.2) is 0 Å². The van der Waals surface area contributed by atoms with E-state index in [0.717, 1.165) is 50.3 Å². The fourth-order valence-corrected chi connectivity index (χ4v) is 3.61. The topological polar surface area (TPSA) is 61.4 Å². The molecule has 0 aliphatic carbocycles. The van der Waals surface area contributed by atoms with Crippen molar-refractivity contribution in [3.63, 3.8) is 0 Å². The number of anilines is 1. The molecule has 1 aromatic rings. The zero-order valence-corrected chi connectivity index (χ0v) is 11.9. The highest BCUT2D eigenvalue weighted by Gasteiger charge is 2.44. The van der Waals surface area contributed by atoms with Crippen LogP contribution in [0.3, 0.4) is 0 Å². The van der Waals surface area contributed by atoms with Crippen molar-refractivity contribution in [1.82, 2.24) is 19.4 Å². The summed E-state index contributed by atoms with van der Waals surface area (Å²) in [6, 6.07) is 0.00750.